The van der Waals surface area contributed by atoms with E-state index < -0.39 is 15.1 Å². The maximum Gasteiger partial charge on any atom is 0.305 e. The standard InChI is InChI=1S/C25H44O4S/c1-5-7-9-11-13-15-18-22-19-17-21-24(29-25(3,4)30(26,27)28)23(22)20-16-14-12-10-8-6-2/h17,19,21H,5-16,18,20H2,1-4H3,(H,26,27,28). The number of rotatable bonds is 17. The second kappa shape index (κ2) is 14.1. The molecule has 0 radical (unpaired) electrons. The van der Waals surface area contributed by atoms with Gasteiger partial charge in [0.15, 0.2) is 0 Å². The summed E-state index contributed by atoms with van der Waals surface area (Å²) in [6.45, 7) is 7.25. The van der Waals surface area contributed by atoms with Crippen LogP contribution in [0.2, 0.25) is 0 Å². The summed E-state index contributed by atoms with van der Waals surface area (Å²) in [5, 5.41) is 0. The molecule has 5 heteroatoms. The van der Waals surface area contributed by atoms with Gasteiger partial charge in [-0.1, -0.05) is 90.2 Å². The quantitative estimate of drug-likeness (QED) is 0.201. The molecule has 1 N–H and O–H groups in total. The first-order chi connectivity index (χ1) is 14.2. The summed E-state index contributed by atoms with van der Waals surface area (Å²) in [4.78, 5) is -1.67. The molecule has 0 amide bonds. The predicted molar refractivity (Wildman–Crippen MR) is 127 cm³/mol. The summed E-state index contributed by atoms with van der Waals surface area (Å²) in [7, 11) is -4.32. The van der Waals surface area contributed by atoms with E-state index in [0.717, 1.165) is 31.2 Å². The fourth-order valence-corrected chi connectivity index (χ4v) is 3.92. The Balaban J connectivity index is 2.86. The van der Waals surface area contributed by atoms with Gasteiger partial charge >= 0.3 is 10.1 Å². The lowest BCUT2D eigenvalue weighted by Crippen LogP contribution is -2.38. The van der Waals surface area contributed by atoms with Crippen LogP contribution in [0.4, 0.5) is 0 Å². The molecule has 0 aliphatic rings. The van der Waals surface area contributed by atoms with Crippen molar-refractivity contribution in [2.75, 3.05) is 0 Å². The molecule has 0 spiro atoms. The Morgan fingerprint density at radius 3 is 1.83 bits per heavy atom. The highest BCUT2D eigenvalue weighted by Crippen LogP contribution is 2.31. The van der Waals surface area contributed by atoms with Crippen molar-refractivity contribution in [2.45, 2.75) is 123 Å². The average Bonchev–Trinajstić information content (AvgIpc) is 2.67. The molecule has 0 bridgehead atoms. The lowest BCUT2D eigenvalue weighted by molar-refractivity contribution is 0.176. The third kappa shape index (κ3) is 9.82. The van der Waals surface area contributed by atoms with Crippen LogP contribution in [0.15, 0.2) is 18.2 Å². The lowest BCUT2D eigenvalue weighted by atomic mass is 9.95. The Bertz CT molecular complexity index is 695. The summed E-state index contributed by atoms with van der Waals surface area (Å²) in [6.07, 6.45) is 16.6. The van der Waals surface area contributed by atoms with E-state index >= 15 is 0 Å². The largest absolute Gasteiger partial charge is 0.469 e. The Hall–Kier alpha value is -1.07. The summed E-state index contributed by atoms with van der Waals surface area (Å²) in [5.74, 6) is 0.592. The lowest BCUT2D eigenvalue weighted by Gasteiger charge is -2.25. The van der Waals surface area contributed by atoms with Crippen LogP contribution in [0.25, 0.3) is 0 Å². The molecule has 4 nitrogen and oxygen atoms in total. The summed E-state index contributed by atoms with van der Waals surface area (Å²) < 4.78 is 38.9. The van der Waals surface area contributed by atoms with E-state index in [-0.39, 0.29) is 0 Å². The first-order valence-electron chi connectivity index (χ1n) is 12.0. The van der Waals surface area contributed by atoms with Crippen LogP contribution in [-0.2, 0) is 23.0 Å². The zero-order valence-electron chi connectivity index (χ0n) is 19.7. The van der Waals surface area contributed by atoms with Crippen molar-refractivity contribution in [3.63, 3.8) is 0 Å². The highest BCUT2D eigenvalue weighted by atomic mass is 32.2. The van der Waals surface area contributed by atoms with Gasteiger partial charge in [-0.05, 0) is 56.7 Å². The van der Waals surface area contributed by atoms with Crippen molar-refractivity contribution >= 4 is 10.1 Å². The number of benzene rings is 1. The van der Waals surface area contributed by atoms with Crippen molar-refractivity contribution in [1.82, 2.24) is 0 Å². The fourth-order valence-electron chi connectivity index (χ4n) is 3.72. The van der Waals surface area contributed by atoms with E-state index in [1.807, 2.05) is 12.1 Å². The summed E-state index contributed by atoms with van der Waals surface area (Å²) in [6, 6.07) is 5.92. The second-order valence-electron chi connectivity index (χ2n) is 8.91. The Labute approximate surface area is 185 Å². The van der Waals surface area contributed by atoms with E-state index in [4.69, 9.17) is 4.74 Å². The summed E-state index contributed by atoms with van der Waals surface area (Å²) >= 11 is 0. The van der Waals surface area contributed by atoms with Crippen molar-refractivity contribution in [2.24, 2.45) is 0 Å². The second-order valence-corrected chi connectivity index (χ2v) is 10.8. The third-order valence-electron chi connectivity index (χ3n) is 5.79. The average molecular weight is 441 g/mol. The molecule has 0 atom stereocenters. The van der Waals surface area contributed by atoms with Crippen LogP contribution >= 0.6 is 0 Å². The molecule has 0 aliphatic heterocycles. The fraction of sp³-hybridized carbons (Fsp3) is 0.760. The SMILES string of the molecule is CCCCCCCCc1cccc(OC(C)(C)S(=O)(=O)O)c1CCCCCCCC. The van der Waals surface area contributed by atoms with Crippen LogP contribution in [0.5, 0.6) is 5.75 Å². The Morgan fingerprint density at radius 1 is 0.800 bits per heavy atom. The zero-order chi connectivity index (χ0) is 22.5. The molecule has 1 aromatic carbocycles. The van der Waals surface area contributed by atoms with Gasteiger partial charge in [-0.2, -0.15) is 8.42 Å². The van der Waals surface area contributed by atoms with Gasteiger partial charge in [-0.3, -0.25) is 4.55 Å². The highest BCUT2D eigenvalue weighted by Gasteiger charge is 2.35. The first kappa shape index (κ1) is 27.0. The van der Waals surface area contributed by atoms with Crippen molar-refractivity contribution in [1.29, 1.82) is 0 Å². The van der Waals surface area contributed by atoms with Gasteiger partial charge < -0.3 is 4.74 Å². The van der Waals surface area contributed by atoms with Gasteiger partial charge in [0, 0.05) is 0 Å². The van der Waals surface area contributed by atoms with Crippen LogP contribution in [0, 0.1) is 0 Å². The Kier molecular flexibility index (Phi) is 12.7. The number of hydrogen-bond acceptors (Lipinski definition) is 3. The van der Waals surface area contributed by atoms with E-state index in [1.54, 1.807) is 0 Å². The van der Waals surface area contributed by atoms with Crippen LogP contribution in [0.1, 0.15) is 116 Å². The minimum atomic E-state index is -4.32. The van der Waals surface area contributed by atoms with E-state index in [2.05, 4.69) is 19.9 Å². The molecular weight excluding hydrogens is 396 g/mol. The minimum absolute atomic E-state index is 0.592. The van der Waals surface area contributed by atoms with E-state index in [1.165, 1.54) is 83.6 Å². The van der Waals surface area contributed by atoms with E-state index in [0.29, 0.717) is 5.75 Å². The van der Waals surface area contributed by atoms with Gasteiger partial charge in [-0.15, -0.1) is 0 Å². The molecule has 0 unspecified atom stereocenters. The topological polar surface area (TPSA) is 63.6 Å². The molecular formula is C25H44O4S. The molecule has 0 saturated carbocycles. The van der Waals surface area contributed by atoms with Crippen LogP contribution in [0.3, 0.4) is 0 Å². The molecule has 0 heterocycles. The maximum atomic E-state index is 11.7. The van der Waals surface area contributed by atoms with Crippen LogP contribution in [-0.4, -0.2) is 17.9 Å². The molecule has 0 aliphatic carbocycles. The van der Waals surface area contributed by atoms with Gasteiger partial charge in [-0.25, -0.2) is 0 Å². The van der Waals surface area contributed by atoms with Crippen molar-refractivity contribution in [3.05, 3.63) is 29.3 Å². The first-order valence-corrected chi connectivity index (χ1v) is 13.4. The van der Waals surface area contributed by atoms with Gasteiger partial charge in [0.2, 0.25) is 4.93 Å². The van der Waals surface area contributed by atoms with Gasteiger partial charge in [0.1, 0.15) is 5.75 Å². The van der Waals surface area contributed by atoms with Crippen molar-refractivity contribution < 1.29 is 17.7 Å². The minimum Gasteiger partial charge on any atom is -0.469 e. The molecule has 1 aromatic rings. The third-order valence-corrected chi connectivity index (χ3v) is 7.11. The number of aryl methyl sites for hydroxylation is 1. The molecule has 0 aromatic heterocycles. The Morgan fingerprint density at radius 2 is 1.30 bits per heavy atom. The van der Waals surface area contributed by atoms with Crippen molar-refractivity contribution in [3.8, 4) is 5.75 Å². The van der Waals surface area contributed by atoms with Gasteiger partial charge in [0.05, 0.1) is 0 Å². The van der Waals surface area contributed by atoms with Gasteiger partial charge in [0.25, 0.3) is 0 Å². The number of unbranched alkanes of at least 4 members (excludes halogenated alkanes) is 10. The zero-order valence-corrected chi connectivity index (χ0v) is 20.5. The van der Waals surface area contributed by atoms with Crippen LogP contribution < -0.4 is 4.74 Å². The number of hydrogen-bond donors (Lipinski definition) is 1. The normalized spacial score (nSPS) is 12.3. The molecule has 0 saturated heterocycles. The summed E-state index contributed by atoms with van der Waals surface area (Å²) in [5.41, 5.74) is 2.36. The van der Waals surface area contributed by atoms with E-state index in [9.17, 15) is 13.0 Å². The monoisotopic (exact) mass is 440 g/mol. The maximum absolute atomic E-state index is 11.7. The molecule has 174 valence electrons. The molecule has 1 rings (SSSR count). The molecule has 30 heavy (non-hydrogen) atoms. The molecule has 0 fully saturated rings. The smallest absolute Gasteiger partial charge is 0.305 e. The number of ether oxygens (including phenoxy) is 1. The predicted octanol–water partition coefficient (Wildman–Crippen LogP) is 7.50. The highest BCUT2D eigenvalue weighted by molar-refractivity contribution is 7.87.